The molecule has 0 aromatic heterocycles. The van der Waals surface area contributed by atoms with Gasteiger partial charge >= 0.3 is 0 Å². The maximum absolute atomic E-state index is 12.5. The van der Waals surface area contributed by atoms with Gasteiger partial charge in [-0.25, -0.2) is 0 Å². The van der Waals surface area contributed by atoms with Crippen molar-refractivity contribution in [1.82, 2.24) is 15.1 Å². The summed E-state index contributed by atoms with van der Waals surface area (Å²) in [6, 6.07) is 15.9. The van der Waals surface area contributed by atoms with Crippen molar-refractivity contribution in [3.05, 3.63) is 59.7 Å². The third-order valence-corrected chi connectivity index (χ3v) is 5.70. The van der Waals surface area contributed by atoms with Crippen LogP contribution in [-0.2, 0) is 17.8 Å². The third kappa shape index (κ3) is 6.18. The fourth-order valence-corrected chi connectivity index (χ4v) is 3.74. The topological polar surface area (TPSA) is 56.8 Å². The van der Waals surface area contributed by atoms with E-state index in [-0.39, 0.29) is 5.91 Å². The standard InChI is InChI=1S/C23H30N4O2S/c1-3-19-6-4-5-7-21(19)25-22(28)17-26-12-14-27(15-13-26)23(30)24-16-18-8-10-20(29-2)11-9-18/h4-11H,3,12-17H2,1-2H3,(H,24,30)(H,25,28). The highest BCUT2D eigenvalue weighted by atomic mass is 32.1. The number of benzene rings is 2. The first-order valence-corrected chi connectivity index (χ1v) is 10.8. The number of carbonyl (C=O) groups excluding carboxylic acids is 1. The largest absolute Gasteiger partial charge is 0.497 e. The summed E-state index contributed by atoms with van der Waals surface area (Å²) in [6.45, 7) is 6.43. The molecule has 1 aliphatic heterocycles. The van der Waals surface area contributed by atoms with Gasteiger partial charge in [0.1, 0.15) is 5.75 Å². The van der Waals surface area contributed by atoms with E-state index in [1.54, 1.807) is 7.11 Å². The lowest BCUT2D eigenvalue weighted by Gasteiger charge is -2.35. The summed E-state index contributed by atoms with van der Waals surface area (Å²) in [5.41, 5.74) is 3.22. The number of nitrogens with one attached hydrogen (secondary N) is 2. The van der Waals surface area contributed by atoms with E-state index in [4.69, 9.17) is 17.0 Å². The predicted octanol–water partition coefficient (Wildman–Crippen LogP) is 2.89. The zero-order valence-electron chi connectivity index (χ0n) is 17.7. The lowest BCUT2D eigenvalue weighted by Crippen LogP contribution is -2.52. The van der Waals surface area contributed by atoms with Gasteiger partial charge in [-0.05, 0) is 48.0 Å². The highest BCUT2D eigenvalue weighted by Crippen LogP contribution is 2.15. The number of rotatable bonds is 7. The Morgan fingerprint density at radius 2 is 1.77 bits per heavy atom. The number of piperazine rings is 1. The Morgan fingerprint density at radius 3 is 2.43 bits per heavy atom. The van der Waals surface area contributed by atoms with E-state index in [1.165, 1.54) is 0 Å². The first kappa shape index (κ1) is 22.1. The number of methoxy groups -OCH3 is 1. The normalized spacial score (nSPS) is 14.3. The molecular formula is C23H30N4O2S. The number of ether oxygens (including phenoxy) is 1. The van der Waals surface area contributed by atoms with Crippen molar-refractivity contribution in [2.24, 2.45) is 0 Å². The van der Waals surface area contributed by atoms with Crippen LogP contribution in [0.5, 0.6) is 5.75 Å². The minimum absolute atomic E-state index is 0.0320. The van der Waals surface area contributed by atoms with E-state index < -0.39 is 0 Å². The predicted molar refractivity (Wildman–Crippen MR) is 125 cm³/mol. The number of hydrogen-bond donors (Lipinski definition) is 2. The molecule has 0 radical (unpaired) electrons. The molecule has 2 aromatic carbocycles. The first-order valence-electron chi connectivity index (χ1n) is 10.3. The van der Waals surface area contributed by atoms with Gasteiger partial charge in [0, 0.05) is 38.4 Å². The van der Waals surface area contributed by atoms with Crippen LogP contribution in [0.3, 0.4) is 0 Å². The molecule has 2 aromatic rings. The van der Waals surface area contributed by atoms with Crippen LogP contribution in [0.15, 0.2) is 48.5 Å². The highest BCUT2D eigenvalue weighted by Gasteiger charge is 2.20. The number of anilines is 1. The molecular weight excluding hydrogens is 396 g/mol. The van der Waals surface area contributed by atoms with Gasteiger partial charge in [-0.3, -0.25) is 9.69 Å². The average Bonchev–Trinajstić information content (AvgIpc) is 2.78. The molecule has 1 aliphatic rings. The van der Waals surface area contributed by atoms with Crippen molar-refractivity contribution in [2.45, 2.75) is 19.9 Å². The van der Waals surface area contributed by atoms with Gasteiger partial charge in [0.05, 0.1) is 13.7 Å². The summed E-state index contributed by atoms with van der Waals surface area (Å²) in [7, 11) is 1.66. The summed E-state index contributed by atoms with van der Waals surface area (Å²) >= 11 is 5.55. The molecule has 6 nitrogen and oxygen atoms in total. The van der Waals surface area contributed by atoms with Crippen molar-refractivity contribution >= 4 is 28.9 Å². The minimum atomic E-state index is 0.0320. The molecule has 0 unspecified atom stereocenters. The van der Waals surface area contributed by atoms with Crippen molar-refractivity contribution in [1.29, 1.82) is 0 Å². The number of amides is 1. The Hall–Kier alpha value is -2.64. The van der Waals surface area contributed by atoms with E-state index in [9.17, 15) is 4.79 Å². The van der Waals surface area contributed by atoms with Crippen LogP contribution in [0.1, 0.15) is 18.1 Å². The molecule has 0 spiro atoms. The van der Waals surface area contributed by atoms with Gasteiger partial charge in [0.25, 0.3) is 0 Å². The number of hydrogen-bond acceptors (Lipinski definition) is 4. The van der Waals surface area contributed by atoms with Crippen LogP contribution >= 0.6 is 12.2 Å². The summed E-state index contributed by atoms with van der Waals surface area (Å²) in [4.78, 5) is 16.8. The third-order valence-electron chi connectivity index (χ3n) is 5.30. The van der Waals surface area contributed by atoms with E-state index in [2.05, 4.69) is 27.4 Å². The van der Waals surface area contributed by atoms with Crippen LogP contribution in [-0.4, -0.2) is 60.7 Å². The number of thiocarbonyl (C=S) groups is 1. The summed E-state index contributed by atoms with van der Waals surface area (Å²) in [5, 5.41) is 7.13. The average molecular weight is 427 g/mol. The van der Waals surface area contributed by atoms with E-state index >= 15 is 0 Å². The molecule has 0 aliphatic carbocycles. The lowest BCUT2D eigenvalue weighted by molar-refractivity contribution is -0.117. The Labute approximate surface area is 184 Å². The minimum Gasteiger partial charge on any atom is -0.497 e. The molecule has 0 atom stereocenters. The Bertz CT molecular complexity index is 849. The molecule has 3 rings (SSSR count). The lowest BCUT2D eigenvalue weighted by atomic mass is 10.1. The molecule has 0 bridgehead atoms. The zero-order valence-corrected chi connectivity index (χ0v) is 18.5. The summed E-state index contributed by atoms with van der Waals surface area (Å²) in [6.07, 6.45) is 0.899. The molecule has 1 heterocycles. The molecule has 7 heteroatoms. The van der Waals surface area contributed by atoms with E-state index in [1.807, 2.05) is 48.5 Å². The number of carbonyl (C=O) groups is 1. The molecule has 1 fully saturated rings. The Kier molecular flexibility index (Phi) is 8.04. The fraction of sp³-hybridized carbons (Fsp3) is 0.391. The number of nitrogens with zero attached hydrogens (tertiary/aromatic N) is 2. The number of para-hydroxylation sites is 1. The molecule has 1 saturated heterocycles. The van der Waals surface area contributed by atoms with Crippen LogP contribution in [0.2, 0.25) is 0 Å². The van der Waals surface area contributed by atoms with Crippen molar-refractivity contribution < 1.29 is 9.53 Å². The van der Waals surface area contributed by atoms with Gasteiger partial charge in [0.2, 0.25) is 5.91 Å². The summed E-state index contributed by atoms with van der Waals surface area (Å²) < 4.78 is 5.18. The van der Waals surface area contributed by atoms with Gasteiger partial charge in [-0.1, -0.05) is 37.3 Å². The Balaban J connectivity index is 1.40. The van der Waals surface area contributed by atoms with Crippen LogP contribution in [0.25, 0.3) is 0 Å². The van der Waals surface area contributed by atoms with Gasteiger partial charge in [0.15, 0.2) is 5.11 Å². The second-order valence-corrected chi connectivity index (χ2v) is 7.72. The SMILES string of the molecule is CCc1ccccc1NC(=O)CN1CCN(C(=S)NCc2ccc(OC)cc2)CC1. The van der Waals surface area contributed by atoms with Crippen molar-refractivity contribution in [3.63, 3.8) is 0 Å². The molecule has 30 heavy (non-hydrogen) atoms. The Morgan fingerprint density at radius 1 is 1.07 bits per heavy atom. The maximum atomic E-state index is 12.5. The summed E-state index contributed by atoms with van der Waals surface area (Å²) in [5.74, 6) is 0.879. The van der Waals surface area contributed by atoms with Gasteiger partial charge < -0.3 is 20.3 Å². The van der Waals surface area contributed by atoms with Crippen molar-refractivity contribution in [3.8, 4) is 5.75 Å². The maximum Gasteiger partial charge on any atom is 0.238 e. The van der Waals surface area contributed by atoms with Crippen molar-refractivity contribution in [2.75, 3.05) is 45.2 Å². The molecule has 0 saturated carbocycles. The number of aryl methyl sites for hydroxylation is 1. The molecule has 1 amide bonds. The van der Waals surface area contributed by atoms with E-state index in [0.717, 1.165) is 60.3 Å². The van der Waals surface area contributed by atoms with Crippen LogP contribution in [0.4, 0.5) is 5.69 Å². The first-order chi connectivity index (χ1) is 14.6. The second-order valence-electron chi connectivity index (χ2n) is 7.33. The molecule has 2 N–H and O–H groups in total. The zero-order chi connectivity index (χ0) is 21.3. The highest BCUT2D eigenvalue weighted by molar-refractivity contribution is 7.80. The van der Waals surface area contributed by atoms with Crippen LogP contribution < -0.4 is 15.4 Å². The fourth-order valence-electron chi connectivity index (χ4n) is 3.49. The second kappa shape index (κ2) is 10.9. The van der Waals surface area contributed by atoms with Gasteiger partial charge in [-0.15, -0.1) is 0 Å². The van der Waals surface area contributed by atoms with Crippen LogP contribution in [0, 0.1) is 0 Å². The molecule has 160 valence electrons. The monoisotopic (exact) mass is 426 g/mol. The van der Waals surface area contributed by atoms with Gasteiger partial charge in [-0.2, -0.15) is 0 Å². The smallest absolute Gasteiger partial charge is 0.238 e. The quantitative estimate of drug-likeness (QED) is 0.664. The van der Waals surface area contributed by atoms with E-state index in [0.29, 0.717) is 13.1 Å².